The first-order chi connectivity index (χ1) is 18.2. The molecule has 1 heterocycles. The normalized spacial score (nSPS) is 13.7. The molecule has 196 valence electrons. The molecule has 37 heavy (non-hydrogen) atoms. The molecule has 0 bridgehead atoms. The molecule has 0 aliphatic carbocycles. The minimum atomic E-state index is -0.437. The molecule has 1 aliphatic heterocycles. The molecule has 3 aromatic carbocycles. The maximum Gasteiger partial charge on any atom is 0.341 e. The molecule has 4 rings (SSSR count). The topological polar surface area (TPSA) is 60.5 Å². The van der Waals surface area contributed by atoms with Crippen LogP contribution in [0.15, 0.2) is 72.8 Å². The van der Waals surface area contributed by atoms with Gasteiger partial charge in [0.05, 0.1) is 26.5 Å². The van der Waals surface area contributed by atoms with Crippen LogP contribution in [0.2, 0.25) is 0 Å². The van der Waals surface area contributed by atoms with Crippen LogP contribution < -0.4 is 19.1 Å². The van der Waals surface area contributed by atoms with Crippen molar-refractivity contribution in [1.82, 2.24) is 4.90 Å². The molecule has 1 aliphatic rings. The number of carbonyl (C=O) groups excluding carboxylic acids is 1. The summed E-state index contributed by atoms with van der Waals surface area (Å²) in [6, 6.07) is 23.4. The Morgan fingerprint density at radius 3 is 2.32 bits per heavy atom. The Bertz CT molecular complexity index is 1130. The van der Waals surface area contributed by atoms with Crippen LogP contribution in [0.1, 0.15) is 28.8 Å². The smallest absolute Gasteiger partial charge is 0.341 e. The van der Waals surface area contributed by atoms with Gasteiger partial charge in [0, 0.05) is 26.2 Å². The standard InChI is InChI=1S/C30H36N2O5/c1-34-29-13-7-6-12-27(29)32-19-17-31(18-20-32)16-8-9-21-36-28-15-14-25(22-26(28)30(33)35-2)37-23-24-10-4-3-5-11-24/h3-7,10-15,22H,8-9,16-21,23H2,1-2H3. The fourth-order valence-electron chi connectivity index (χ4n) is 4.46. The van der Waals surface area contributed by atoms with Gasteiger partial charge in [0.15, 0.2) is 0 Å². The highest BCUT2D eigenvalue weighted by molar-refractivity contribution is 5.93. The summed E-state index contributed by atoms with van der Waals surface area (Å²) in [4.78, 5) is 17.2. The van der Waals surface area contributed by atoms with E-state index >= 15 is 0 Å². The average molecular weight is 505 g/mol. The third-order valence-electron chi connectivity index (χ3n) is 6.53. The van der Waals surface area contributed by atoms with Gasteiger partial charge in [0.1, 0.15) is 29.4 Å². The molecule has 0 aromatic heterocycles. The molecule has 0 N–H and O–H groups in total. The van der Waals surface area contributed by atoms with Crippen LogP contribution in [-0.4, -0.2) is 64.4 Å². The number of anilines is 1. The van der Waals surface area contributed by atoms with Crippen LogP contribution >= 0.6 is 0 Å². The summed E-state index contributed by atoms with van der Waals surface area (Å²) in [6.07, 6.45) is 1.93. The van der Waals surface area contributed by atoms with E-state index in [9.17, 15) is 4.79 Å². The molecule has 1 saturated heterocycles. The average Bonchev–Trinajstić information content (AvgIpc) is 2.96. The Labute approximate surface area is 219 Å². The highest BCUT2D eigenvalue weighted by atomic mass is 16.5. The zero-order valence-corrected chi connectivity index (χ0v) is 21.7. The first kappa shape index (κ1) is 26.4. The van der Waals surface area contributed by atoms with E-state index in [2.05, 4.69) is 21.9 Å². The van der Waals surface area contributed by atoms with Crippen LogP contribution in [0.3, 0.4) is 0 Å². The number of ether oxygens (including phenoxy) is 4. The summed E-state index contributed by atoms with van der Waals surface area (Å²) in [6.45, 7) is 6.01. The highest BCUT2D eigenvalue weighted by Gasteiger charge is 2.19. The van der Waals surface area contributed by atoms with Gasteiger partial charge in [-0.15, -0.1) is 0 Å². The van der Waals surface area contributed by atoms with E-state index in [1.165, 1.54) is 7.11 Å². The van der Waals surface area contributed by atoms with Crippen molar-refractivity contribution >= 4 is 11.7 Å². The van der Waals surface area contributed by atoms with E-state index in [1.807, 2.05) is 48.5 Å². The van der Waals surface area contributed by atoms with E-state index in [0.717, 1.165) is 62.6 Å². The van der Waals surface area contributed by atoms with Crippen LogP contribution in [0.4, 0.5) is 5.69 Å². The van der Waals surface area contributed by atoms with Crippen LogP contribution in [0.5, 0.6) is 17.2 Å². The van der Waals surface area contributed by atoms with Crippen molar-refractivity contribution in [3.05, 3.63) is 83.9 Å². The number of piperazine rings is 1. The molecule has 0 saturated carbocycles. The molecule has 7 heteroatoms. The van der Waals surface area contributed by atoms with Gasteiger partial charge in [-0.1, -0.05) is 42.5 Å². The number of carbonyl (C=O) groups is 1. The summed E-state index contributed by atoms with van der Waals surface area (Å²) in [5, 5.41) is 0. The summed E-state index contributed by atoms with van der Waals surface area (Å²) < 4.78 is 22.3. The van der Waals surface area contributed by atoms with Gasteiger partial charge < -0.3 is 23.8 Å². The first-order valence-electron chi connectivity index (χ1n) is 12.8. The second-order valence-corrected chi connectivity index (χ2v) is 8.98. The van der Waals surface area contributed by atoms with Crippen LogP contribution in [-0.2, 0) is 11.3 Å². The van der Waals surface area contributed by atoms with Crippen molar-refractivity contribution in [2.75, 3.05) is 58.5 Å². The Balaban J connectivity index is 1.21. The van der Waals surface area contributed by atoms with Crippen molar-refractivity contribution in [2.24, 2.45) is 0 Å². The van der Waals surface area contributed by atoms with Crippen molar-refractivity contribution in [3.8, 4) is 17.2 Å². The molecule has 0 spiro atoms. The molecule has 0 unspecified atom stereocenters. The molecular weight excluding hydrogens is 468 g/mol. The van der Waals surface area contributed by atoms with E-state index in [4.69, 9.17) is 18.9 Å². The number of esters is 1. The zero-order valence-electron chi connectivity index (χ0n) is 21.7. The monoisotopic (exact) mass is 504 g/mol. The highest BCUT2D eigenvalue weighted by Crippen LogP contribution is 2.29. The summed E-state index contributed by atoms with van der Waals surface area (Å²) in [5.41, 5.74) is 2.60. The lowest BCUT2D eigenvalue weighted by molar-refractivity contribution is 0.0595. The predicted molar refractivity (Wildman–Crippen MR) is 145 cm³/mol. The van der Waals surface area contributed by atoms with Crippen molar-refractivity contribution in [3.63, 3.8) is 0 Å². The predicted octanol–water partition coefficient (Wildman–Crippen LogP) is 5.04. The molecule has 7 nitrogen and oxygen atoms in total. The number of benzene rings is 3. The van der Waals surface area contributed by atoms with Crippen molar-refractivity contribution < 1.29 is 23.7 Å². The summed E-state index contributed by atoms with van der Waals surface area (Å²) in [5.74, 6) is 1.61. The number of unbranched alkanes of at least 4 members (excludes halogenated alkanes) is 1. The molecular formula is C30H36N2O5. The van der Waals surface area contributed by atoms with E-state index in [1.54, 1.807) is 19.2 Å². The maximum atomic E-state index is 12.3. The Hall–Kier alpha value is -3.71. The Kier molecular flexibility index (Phi) is 9.66. The number of methoxy groups -OCH3 is 2. The van der Waals surface area contributed by atoms with Gasteiger partial charge in [0.25, 0.3) is 0 Å². The van der Waals surface area contributed by atoms with Crippen molar-refractivity contribution in [1.29, 1.82) is 0 Å². The number of para-hydroxylation sites is 2. The van der Waals surface area contributed by atoms with E-state index in [-0.39, 0.29) is 0 Å². The van der Waals surface area contributed by atoms with Gasteiger partial charge in [0.2, 0.25) is 0 Å². The Morgan fingerprint density at radius 2 is 1.57 bits per heavy atom. The summed E-state index contributed by atoms with van der Waals surface area (Å²) in [7, 11) is 3.09. The molecule has 3 aromatic rings. The number of hydrogen-bond acceptors (Lipinski definition) is 7. The van der Waals surface area contributed by atoms with Gasteiger partial charge in [-0.05, 0) is 55.3 Å². The minimum absolute atomic E-state index is 0.375. The number of nitrogens with zero attached hydrogens (tertiary/aromatic N) is 2. The second-order valence-electron chi connectivity index (χ2n) is 8.98. The fraction of sp³-hybridized carbons (Fsp3) is 0.367. The summed E-state index contributed by atoms with van der Waals surface area (Å²) >= 11 is 0. The Morgan fingerprint density at radius 1 is 0.811 bits per heavy atom. The van der Waals surface area contributed by atoms with Crippen LogP contribution in [0.25, 0.3) is 0 Å². The SMILES string of the molecule is COC(=O)c1cc(OCc2ccccc2)ccc1OCCCCN1CCN(c2ccccc2OC)CC1. The maximum absolute atomic E-state index is 12.3. The number of hydrogen-bond donors (Lipinski definition) is 0. The van der Waals surface area contributed by atoms with Gasteiger partial charge in [-0.3, -0.25) is 4.90 Å². The zero-order chi connectivity index (χ0) is 25.9. The van der Waals surface area contributed by atoms with Gasteiger partial charge in [-0.2, -0.15) is 0 Å². The lowest BCUT2D eigenvalue weighted by atomic mass is 10.2. The van der Waals surface area contributed by atoms with Gasteiger partial charge in [-0.25, -0.2) is 4.79 Å². The first-order valence-corrected chi connectivity index (χ1v) is 12.8. The van der Waals surface area contributed by atoms with Gasteiger partial charge >= 0.3 is 5.97 Å². The second kappa shape index (κ2) is 13.6. The molecule has 0 amide bonds. The fourth-order valence-corrected chi connectivity index (χ4v) is 4.46. The third kappa shape index (κ3) is 7.40. The largest absolute Gasteiger partial charge is 0.495 e. The molecule has 1 fully saturated rings. The quantitative estimate of drug-likeness (QED) is 0.253. The van der Waals surface area contributed by atoms with Crippen LogP contribution in [0, 0.1) is 0 Å². The molecule has 0 atom stereocenters. The van der Waals surface area contributed by atoms with Crippen molar-refractivity contribution in [2.45, 2.75) is 19.4 Å². The lowest BCUT2D eigenvalue weighted by Crippen LogP contribution is -2.46. The van der Waals surface area contributed by atoms with E-state index < -0.39 is 5.97 Å². The third-order valence-corrected chi connectivity index (χ3v) is 6.53. The minimum Gasteiger partial charge on any atom is -0.495 e. The lowest BCUT2D eigenvalue weighted by Gasteiger charge is -2.36. The molecule has 0 radical (unpaired) electrons. The number of rotatable bonds is 12. The van der Waals surface area contributed by atoms with E-state index in [0.29, 0.717) is 30.3 Å².